The number of hydrogen-bond acceptors (Lipinski definition) is 9. The number of carboxylic acid groups (broad SMARTS) is 1. The Morgan fingerprint density at radius 2 is 1.80 bits per heavy atom. The summed E-state index contributed by atoms with van der Waals surface area (Å²) < 4.78 is 10.6. The van der Waals surface area contributed by atoms with E-state index in [1.807, 2.05) is 37.3 Å². The standard InChI is InChI=1S/C24H23N3O6S2/c1-13-19(22(29)27(25(13)2)15-8-6-5-7-9-15)26-21(28)17(35-24(26)34)12-14-10-11-16(32-3)20(33-4)18(14)23(30)31/h5-13,19H,1-4H3,(H,30,31)/p-1/b17-12-/t13-,19-/m0/s1. The molecule has 2 aromatic rings. The quantitative estimate of drug-likeness (QED) is 0.424. The average Bonchev–Trinajstić information content (AvgIpc) is 3.23. The van der Waals surface area contributed by atoms with Gasteiger partial charge in [0.15, 0.2) is 11.5 Å². The molecule has 0 aliphatic carbocycles. The highest BCUT2D eigenvalue weighted by molar-refractivity contribution is 8.26. The van der Waals surface area contributed by atoms with Gasteiger partial charge < -0.3 is 19.4 Å². The molecular formula is C24H22N3O6S2-. The van der Waals surface area contributed by atoms with Crippen LogP contribution >= 0.6 is 24.0 Å². The van der Waals surface area contributed by atoms with Crippen LogP contribution < -0.4 is 19.6 Å². The Kier molecular flexibility index (Phi) is 6.84. The van der Waals surface area contributed by atoms with Crippen LogP contribution in [0.2, 0.25) is 0 Å². The number of nitrogens with zero attached hydrogens (tertiary/aromatic N) is 3. The van der Waals surface area contributed by atoms with E-state index in [-0.39, 0.29) is 43.8 Å². The summed E-state index contributed by atoms with van der Waals surface area (Å²) in [7, 11) is 4.48. The molecule has 2 heterocycles. The molecule has 0 aromatic heterocycles. The fraction of sp³-hybridized carbons (Fsp3) is 0.250. The van der Waals surface area contributed by atoms with Crippen LogP contribution in [0.3, 0.4) is 0 Å². The normalized spacial score (nSPS) is 21.8. The number of benzene rings is 2. The first-order chi connectivity index (χ1) is 16.7. The van der Waals surface area contributed by atoms with Crippen molar-refractivity contribution in [2.75, 3.05) is 26.3 Å². The summed E-state index contributed by atoms with van der Waals surface area (Å²) in [6.07, 6.45) is 1.41. The first kappa shape index (κ1) is 24.7. The Morgan fingerprint density at radius 1 is 1.11 bits per heavy atom. The molecule has 0 N–H and O–H groups in total. The van der Waals surface area contributed by atoms with Crippen molar-refractivity contribution in [3.63, 3.8) is 0 Å². The minimum absolute atomic E-state index is 0.0172. The zero-order valence-electron chi connectivity index (χ0n) is 19.4. The fourth-order valence-electron chi connectivity index (χ4n) is 4.21. The number of hydrogen-bond donors (Lipinski definition) is 0. The predicted molar refractivity (Wildman–Crippen MR) is 134 cm³/mol. The summed E-state index contributed by atoms with van der Waals surface area (Å²) in [5.74, 6) is -2.05. The number of likely N-dealkylation sites (N-methyl/N-ethyl adjacent to an activating group) is 1. The Morgan fingerprint density at radius 3 is 2.40 bits per heavy atom. The maximum absolute atomic E-state index is 13.5. The lowest BCUT2D eigenvalue weighted by Gasteiger charge is -2.26. The topological polar surface area (TPSA) is 102 Å². The summed E-state index contributed by atoms with van der Waals surface area (Å²) in [6.45, 7) is 1.84. The Hall–Kier alpha value is -3.41. The summed E-state index contributed by atoms with van der Waals surface area (Å²) >= 11 is 6.49. The Labute approximate surface area is 211 Å². The number of carbonyl (C=O) groups excluding carboxylic acids is 3. The zero-order chi connectivity index (χ0) is 25.4. The van der Waals surface area contributed by atoms with Gasteiger partial charge in [-0.3, -0.25) is 14.5 Å². The first-order valence-corrected chi connectivity index (χ1v) is 11.8. The van der Waals surface area contributed by atoms with Gasteiger partial charge in [0, 0.05) is 7.05 Å². The van der Waals surface area contributed by atoms with E-state index in [2.05, 4.69) is 0 Å². The first-order valence-electron chi connectivity index (χ1n) is 10.6. The zero-order valence-corrected chi connectivity index (χ0v) is 21.0. The molecule has 0 saturated carbocycles. The van der Waals surface area contributed by atoms with Gasteiger partial charge in [-0.1, -0.05) is 48.2 Å². The fourth-order valence-corrected chi connectivity index (χ4v) is 5.53. The van der Waals surface area contributed by atoms with Gasteiger partial charge in [0.05, 0.1) is 42.4 Å². The van der Waals surface area contributed by atoms with Crippen molar-refractivity contribution >= 4 is 57.8 Å². The second-order valence-corrected chi connectivity index (χ2v) is 9.52. The monoisotopic (exact) mass is 512 g/mol. The number of thiocarbonyl (C=S) groups is 1. The Balaban J connectivity index is 1.71. The summed E-state index contributed by atoms with van der Waals surface area (Å²) in [4.78, 5) is 40.3. The van der Waals surface area contributed by atoms with Gasteiger partial charge in [0.2, 0.25) is 0 Å². The number of carboxylic acids is 1. The second kappa shape index (κ2) is 9.68. The molecule has 2 atom stereocenters. The number of rotatable bonds is 6. The predicted octanol–water partition coefficient (Wildman–Crippen LogP) is 1.92. The van der Waals surface area contributed by atoms with E-state index in [1.54, 1.807) is 12.1 Å². The summed E-state index contributed by atoms with van der Waals surface area (Å²) in [5, 5.41) is 15.2. The number of ether oxygens (including phenoxy) is 2. The van der Waals surface area contributed by atoms with Gasteiger partial charge in [-0.2, -0.15) is 0 Å². The van der Waals surface area contributed by atoms with Crippen molar-refractivity contribution in [1.29, 1.82) is 0 Å². The van der Waals surface area contributed by atoms with Gasteiger partial charge in [0.25, 0.3) is 11.8 Å². The molecule has 0 bridgehead atoms. The third-order valence-corrected chi connectivity index (χ3v) is 7.33. The van der Waals surface area contributed by atoms with Crippen LogP contribution in [0.4, 0.5) is 5.69 Å². The minimum atomic E-state index is -1.48. The van der Waals surface area contributed by atoms with Gasteiger partial charge >= 0.3 is 0 Å². The number of methoxy groups -OCH3 is 2. The highest BCUT2D eigenvalue weighted by atomic mass is 32.2. The van der Waals surface area contributed by atoms with E-state index in [9.17, 15) is 19.5 Å². The van der Waals surface area contributed by atoms with Crippen LogP contribution in [0.25, 0.3) is 6.08 Å². The highest BCUT2D eigenvalue weighted by Crippen LogP contribution is 2.40. The molecule has 0 radical (unpaired) electrons. The SMILES string of the molecule is COc1ccc(/C=C2\SC(=S)N([C@@H]3C(=O)N(c4ccccc4)N(C)[C@H]3C)C2=O)c(C(=O)[O-])c1OC. The van der Waals surface area contributed by atoms with E-state index in [1.165, 1.54) is 42.3 Å². The maximum Gasteiger partial charge on any atom is 0.266 e. The van der Waals surface area contributed by atoms with Crippen LogP contribution in [-0.4, -0.2) is 65.4 Å². The molecule has 11 heteroatoms. The molecule has 2 aromatic carbocycles. The van der Waals surface area contributed by atoms with Crippen LogP contribution in [0.5, 0.6) is 11.5 Å². The molecule has 35 heavy (non-hydrogen) atoms. The van der Waals surface area contributed by atoms with Crippen LogP contribution in [0, 0.1) is 0 Å². The molecular weight excluding hydrogens is 490 g/mol. The number of anilines is 1. The highest BCUT2D eigenvalue weighted by Gasteiger charge is 2.51. The van der Waals surface area contributed by atoms with E-state index in [0.717, 1.165) is 11.8 Å². The third kappa shape index (κ3) is 4.15. The number of carbonyl (C=O) groups is 3. The van der Waals surface area contributed by atoms with Crippen molar-refractivity contribution in [3.05, 3.63) is 58.5 Å². The van der Waals surface area contributed by atoms with Gasteiger partial charge in [-0.15, -0.1) is 0 Å². The number of thioether (sulfide) groups is 1. The Bertz CT molecular complexity index is 1250. The van der Waals surface area contributed by atoms with E-state index >= 15 is 0 Å². The van der Waals surface area contributed by atoms with E-state index < -0.39 is 17.9 Å². The lowest BCUT2D eigenvalue weighted by atomic mass is 10.0. The number of para-hydroxylation sites is 1. The molecule has 182 valence electrons. The molecule has 2 amide bonds. The van der Waals surface area contributed by atoms with Gasteiger partial charge in [-0.05, 0) is 36.8 Å². The van der Waals surface area contributed by atoms with Crippen molar-refractivity contribution in [2.24, 2.45) is 0 Å². The molecule has 2 aliphatic rings. The molecule has 4 rings (SSSR count). The summed E-state index contributed by atoms with van der Waals surface area (Å²) in [5.41, 5.74) is 0.619. The number of hydrazine groups is 1. The number of amides is 2. The van der Waals surface area contributed by atoms with Crippen molar-refractivity contribution in [3.8, 4) is 11.5 Å². The largest absolute Gasteiger partial charge is 0.545 e. The second-order valence-electron chi connectivity index (χ2n) is 7.85. The third-order valence-electron chi connectivity index (χ3n) is 5.99. The van der Waals surface area contributed by atoms with Crippen LogP contribution in [0.1, 0.15) is 22.8 Å². The molecule has 2 saturated heterocycles. The molecule has 2 aliphatic heterocycles. The molecule has 9 nitrogen and oxygen atoms in total. The van der Waals surface area contributed by atoms with E-state index in [0.29, 0.717) is 5.69 Å². The van der Waals surface area contributed by atoms with Crippen LogP contribution in [-0.2, 0) is 9.59 Å². The number of aromatic carboxylic acids is 1. The van der Waals surface area contributed by atoms with Crippen molar-refractivity contribution in [2.45, 2.75) is 19.0 Å². The van der Waals surface area contributed by atoms with Crippen molar-refractivity contribution < 1.29 is 29.0 Å². The summed E-state index contributed by atoms with van der Waals surface area (Å²) in [6, 6.07) is 11.0. The van der Waals surface area contributed by atoms with Gasteiger partial charge in [0.1, 0.15) is 10.4 Å². The van der Waals surface area contributed by atoms with Crippen LogP contribution in [0.15, 0.2) is 47.4 Å². The molecule has 0 spiro atoms. The average molecular weight is 513 g/mol. The van der Waals surface area contributed by atoms with E-state index in [4.69, 9.17) is 21.7 Å². The smallest absolute Gasteiger partial charge is 0.266 e. The maximum atomic E-state index is 13.5. The lowest BCUT2D eigenvalue weighted by molar-refractivity contribution is -0.255. The van der Waals surface area contributed by atoms with Crippen molar-refractivity contribution in [1.82, 2.24) is 9.91 Å². The molecule has 2 fully saturated rings. The van der Waals surface area contributed by atoms with Gasteiger partial charge in [-0.25, -0.2) is 10.0 Å². The minimum Gasteiger partial charge on any atom is -0.545 e. The lowest BCUT2D eigenvalue weighted by Crippen LogP contribution is -2.48. The molecule has 0 unspecified atom stereocenters.